The van der Waals surface area contributed by atoms with Crippen LogP contribution < -0.4 is 0 Å². The van der Waals surface area contributed by atoms with Crippen LogP contribution in [0.25, 0.3) is 0 Å². The molecule has 1 heterocycles. The van der Waals surface area contributed by atoms with E-state index in [9.17, 15) is 22.0 Å². The predicted molar refractivity (Wildman–Crippen MR) is 46.6 cm³/mol. The molecule has 0 aliphatic rings. The summed E-state index contributed by atoms with van der Waals surface area (Å²) in [6, 6.07) is 0.681. The highest BCUT2D eigenvalue weighted by atomic mass is 79.9. The Morgan fingerprint density at radius 1 is 1.33 bits per heavy atom. The van der Waals surface area contributed by atoms with Crippen LogP contribution in [0.3, 0.4) is 0 Å². The topological polar surface area (TPSA) is 12.9 Å². The molecule has 0 N–H and O–H groups in total. The number of hydrogen-bond acceptors (Lipinski definition) is 1. The maximum absolute atomic E-state index is 12.4. The highest BCUT2D eigenvalue weighted by Crippen LogP contribution is 2.37. The number of rotatable bonds is 1. The number of aryl methyl sites for hydroxylation is 1. The minimum Gasteiger partial charge on any atom is -0.251 e. The Balaban J connectivity index is 3.34. The summed E-state index contributed by atoms with van der Waals surface area (Å²) in [7, 11) is 0. The fraction of sp³-hybridized carbons (Fsp3) is 0.375. The second-order valence-electron chi connectivity index (χ2n) is 2.79. The van der Waals surface area contributed by atoms with Gasteiger partial charge in [0.05, 0.1) is 11.3 Å². The molecule has 84 valence electrons. The van der Waals surface area contributed by atoms with Crippen molar-refractivity contribution in [3.63, 3.8) is 0 Å². The van der Waals surface area contributed by atoms with Crippen LogP contribution in [0.2, 0.25) is 0 Å². The van der Waals surface area contributed by atoms with Crippen molar-refractivity contribution in [1.29, 1.82) is 0 Å². The summed E-state index contributed by atoms with van der Waals surface area (Å²) in [5.41, 5.74) is -2.16. The number of nitrogens with zero attached hydrogens (tertiary/aromatic N) is 1. The van der Waals surface area contributed by atoms with E-state index in [2.05, 4.69) is 20.9 Å². The molecule has 15 heavy (non-hydrogen) atoms. The molecule has 1 aromatic rings. The van der Waals surface area contributed by atoms with Gasteiger partial charge in [-0.05, 0) is 13.0 Å². The van der Waals surface area contributed by atoms with E-state index in [1.807, 2.05) is 0 Å². The molecule has 0 aromatic carbocycles. The largest absolute Gasteiger partial charge is 0.419 e. The van der Waals surface area contributed by atoms with Crippen molar-refractivity contribution < 1.29 is 22.0 Å². The summed E-state index contributed by atoms with van der Waals surface area (Å²) in [5, 5.41) is 0. The first-order valence-corrected chi connectivity index (χ1v) is 4.55. The Hall–Kier alpha value is -0.720. The molecule has 1 nitrogen and oxygen atoms in total. The standard InChI is InChI=1S/C8H5BrF5N/c1-3-6(8(12,13)14)4(9)2-5(15-3)7(10)11/h2,7H,1H3. The lowest BCUT2D eigenvalue weighted by Gasteiger charge is -2.12. The number of pyridine rings is 1. The number of alkyl halides is 5. The molecule has 1 rings (SSSR count). The van der Waals surface area contributed by atoms with Gasteiger partial charge in [0.1, 0.15) is 5.69 Å². The van der Waals surface area contributed by atoms with Crippen LogP contribution >= 0.6 is 15.9 Å². The molecule has 0 fully saturated rings. The zero-order valence-corrected chi connectivity index (χ0v) is 8.96. The average molecular weight is 290 g/mol. The molecule has 0 radical (unpaired) electrons. The van der Waals surface area contributed by atoms with Crippen molar-refractivity contribution in [2.45, 2.75) is 19.5 Å². The lowest BCUT2D eigenvalue weighted by molar-refractivity contribution is -0.139. The molecule has 0 aliphatic carbocycles. The molecule has 0 saturated carbocycles. The molecule has 1 aromatic heterocycles. The highest BCUT2D eigenvalue weighted by Gasteiger charge is 2.36. The molecule has 7 heteroatoms. The first kappa shape index (κ1) is 12.4. The van der Waals surface area contributed by atoms with E-state index in [0.29, 0.717) is 6.07 Å². The van der Waals surface area contributed by atoms with Gasteiger partial charge in [-0.2, -0.15) is 13.2 Å². The number of aromatic nitrogens is 1. The SMILES string of the molecule is Cc1nc(C(F)F)cc(Br)c1C(F)(F)F. The van der Waals surface area contributed by atoms with E-state index < -0.39 is 34.0 Å². The van der Waals surface area contributed by atoms with E-state index in [1.165, 1.54) is 0 Å². The van der Waals surface area contributed by atoms with Gasteiger partial charge in [0.15, 0.2) is 0 Å². The summed E-state index contributed by atoms with van der Waals surface area (Å²) in [5.74, 6) is 0. The summed E-state index contributed by atoms with van der Waals surface area (Å²) >= 11 is 2.61. The number of halogens is 6. The van der Waals surface area contributed by atoms with Crippen LogP contribution in [-0.2, 0) is 6.18 Å². The minimum absolute atomic E-state index is 0.419. The van der Waals surface area contributed by atoms with Gasteiger partial charge >= 0.3 is 6.18 Å². The van der Waals surface area contributed by atoms with E-state index in [1.54, 1.807) is 0 Å². The Morgan fingerprint density at radius 3 is 2.20 bits per heavy atom. The Labute approximate surface area is 90.4 Å². The first-order chi connectivity index (χ1) is 6.73. The van der Waals surface area contributed by atoms with Crippen molar-refractivity contribution in [2.24, 2.45) is 0 Å². The van der Waals surface area contributed by atoms with Gasteiger partial charge in [0.25, 0.3) is 6.43 Å². The van der Waals surface area contributed by atoms with Crippen molar-refractivity contribution in [3.8, 4) is 0 Å². The van der Waals surface area contributed by atoms with Crippen molar-refractivity contribution in [3.05, 3.63) is 27.5 Å². The summed E-state index contributed by atoms with van der Waals surface area (Å²) in [6.45, 7) is 1.04. The molecular weight excluding hydrogens is 285 g/mol. The fourth-order valence-corrected chi connectivity index (χ4v) is 1.86. The Morgan fingerprint density at radius 2 is 1.87 bits per heavy atom. The molecule has 0 amide bonds. The second kappa shape index (κ2) is 4.03. The zero-order valence-electron chi connectivity index (χ0n) is 7.37. The van der Waals surface area contributed by atoms with Gasteiger partial charge in [-0.25, -0.2) is 8.78 Å². The third-order valence-electron chi connectivity index (χ3n) is 1.68. The van der Waals surface area contributed by atoms with Crippen molar-refractivity contribution in [2.75, 3.05) is 0 Å². The van der Waals surface area contributed by atoms with Gasteiger partial charge in [0, 0.05) is 4.47 Å². The lowest BCUT2D eigenvalue weighted by Crippen LogP contribution is -2.11. The van der Waals surface area contributed by atoms with E-state index in [4.69, 9.17) is 0 Å². The van der Waals surface area contributed by atoms with E-state index in [0.717, 1.165) is 6.92 Å². The molecular formula is C8H5BrF5N. The van der Waals surface area contributed by atoms with Crippen molar-refractivity contribution in [1.82, 2.24) is 4.98 Å². The van der Waals surface area contributed by atoms with Crippen LogP contribution in [-0.4, -0.2) is 4.98 Å². The van der Waals surface area contributed by atoms with Crippen molar-refractivity contribution >= 4 is 15.9 Å². The summed E-state index contributed by atoms with van der Waals surface area (Å²) < 4.78 is 61.1. The van der Waals surface area contributed by atoms with Crippen LogP contribution in [0, 0.1) is 6.92 Å². The molecule has 0 spiro atoms. The fourth-order valence-electron chi connectivity index (χ4n) is 1.11. The van der Waals surface area contributed by atoms with Crippen LogP contribution in [0.1, 0.15) is 23.4 Å². The van der Waals surface area contributed by atoms with Gasteiger partial charge in [0.2, 0.25) is 0 Å². The Kier molecular flexibility index (Phi) is 3.32. The number of hydrogen-bond donors (Lipinski definition) is 0. The minimum atomic E-state index is -4.60. The molecule has 0 atom stereocenters. The Bertz CT molecular complexity index is 351. The van der Waals surface area contributed by atoms with Gasteiger partial charge < -0.3 is 0 Å². The summed E-state index contributed by atoms with van der Waals surface area (Å²) in [6.07, 6.45) is -7.49. The monoisotopic (exact) mass is 289 g/mol. The lowest BCUT2D eigenvalue weighted by atomic mass is 10.2. The first-order valence-electron chi connectivity index (χ1n) is 3.76. The molecule has 0 saturated heterocycles. The average Bonchev–Trinajstić information content (AvgIpc) is 1.99. The highest BCUT2D eigenvalue weighted by molar-refractivity contribution is 9.10. The van der Waals surface area contributed by atoms with Crippen LogP contribution in [0.15, 0.2) is 10.5 Å². The third kappa shape index (κ3) is 2.64. The molecule has 0 bridgehead atoms. The van der Waals surface area contributed by atoms with Gasteiger partial charge in [-0.3, -0.25) is 4.98 Å². The summed E-state index contributed by atoms with van der Waals surface area (Å²) in [4.78, 5) is 3.20. The molecule has 0 unspecified atom stereocenters. The van der Waals surface area contributed by atoms with E-state index >= 15 is 0 Å². The van der Waals surface area contributed by atoms with Crippen LogP contribution in [0.4, 0.5) is 22.0 Å². The maximum Gasteiger partial charge on any atom is 0.419 e. The normalized spacial score (nSPS) is 12.3. The quantitative estimate of drug-likeness (QED) is 0.709. The second-order valence-corrected chi connectivity index (χ2v) is 3.64. The van der Waals surface area contributed by atoms with E-state index in [-0.39, 0.29) is 0 Å². The third-order valence-corrected chi connectivity index (χ3v) is 2.30. The molecule has 0 aliphatic heterocycles. The van der Waals surface area contributed by atoms with Gasteiger partial charge in [-0.1, -0.05) is 15.9 Å². The predicted octanol–water partition coefficient (Wildman–Crippen LogP) is 4.11. The maximum atomic E-state index is 12.4. The smallest absolute Gasteiger partial charge is 0.251 e. The van der Waals surface area contributed by atoms with Crippen LogP contribution in [0.5, 0.6) is 0 Å². The van der Waals surface area contributed by atoms with Gasteiger partial charge in [-0.15, -0.1) is 0 Å². The zero-order chi connectivity index (χ0) is 11.8.